The highest BCUT2D eigenvalue weighted by Crippen LogP contribution is 1.98. The van der Waals surface area contributed by atoms with Gasteiger partial charge in [-0.2, -0.15) is 0 Å². The van der Waals surface area contributed by atoms with E-state index in [0.717, 1.165) is 13.0 Å². The van der Waals surface area contributed by atoms with Crippen LogP contribution in [-0.4, -0.2) is 6.54 Å². The highest BCUT2D eigenvalue weighted by Gasteiger charge is 1.98. The van der Waals surface area contributed by atoms with Gasteiger partial charge in [-0.25, -0.2) is 0 Å². The van der Waals surface area contributed by atoms with Crippen molar-refractivity contribution in [3.8, 4) is 0 Å². The molecule has 0 aromatic heterocycles. The first-order chi connectivity index (χ1) is 6.42. The highest BCUT2D eigenvalue weighted by atomic mass is 14.5. The molecule has 1 heteroatoms. The lowest BCUT2D eigenvalue weighted by molar-refractivity contribution is 0.953. The summed E-state index contributed by atoms with van der Waals surface area (Å²) in [5, 5.41) is 2.80. The van der Waals surface area contributed by atoms with Crippen molar-refractivity contribution in [2.24, 2.45) is 5.73 Å². The third kappa shape index (κ3) is 1.65. The van der Waals surface area contributed by atoms with Crippen molar-refractivity contribution in [2.45, 2.75) is 19.3 Å². The second-order valence-corrected chi connectivity index (χ2v) is 3.44. The lowest BCUT2D eigenvalue weighted by Crippen LogP contribution is -2.31. The Bertz CT molecular complexity index is 404. The molecule has 0 unspecified atom stereocenters. The number of rotatable bonds is 2. The van der Waals surface area contributed by atoms with Crippen LogP contribution in [0.3, 0.4) is 0 Å². The Morgan fingerprint density at radius 1 is 1.15 bits per heavy atom. The Kier molecular flexibility index (Phi) is 2.46. The van der Waals surface area contributed by atoms with Crippen LogP contribution in [0.1, 0.15) is 18.4 Å². The molecule has 0 bridgehead atoms. The van der Waals surface area contributed by atoms with Crippen molar-refractivity contribution in [3.05, 3.63) is 34.2 Å². The molecule has 2 N–H and O–H groups in total. The molecule has 1 aromatic carbocycles. The first-order valence-corrected chi connectivity index (χ1v) is 4.90. The van der Waals surface area contributed by atoms with Crippen molar-refractivity contribution in [3.63, 3.8) is 0 Å². The Balaban J connectivity index is 2.60. The zero-order valence-corrected chi connectivity index (χ0v) is 7.79. The fourth-order valence-corrected chi connectivity index (χ4v) is 1.90. The molecule has 0 spiro atoms. The van der Waals surface area contributed by atoms with E-state index in [1.54, 1.807) is 0 Å². The number of hydrogen-bond acceptors (Lipinski definition) is 1. The fraction of sp³-hybridized carbons (Fsp3) is 0.333. The lowest BCUT2D eigenvalue weighted by atomic mass is 10.0. The third-order valence-electron chi connectivity index (χ3n) is 2.52. The molecule has 0 amide bonds. The lowest BCUT2D eigenvalue weighted by Gasteiger charge is -2.05. The summed E-state index contributed by atoms with van der Waals surface area (Å²) in [7, 11) is 0. The van der Waals surface area contributed by atoms with Crippen molar-refractivity contribution in [1.29, 1.82) is 0 Å². The summed E-state index contributed by atoms with van der Waals surface area (Å²) < 4.78 is 0. The predicted octanol–water partition coefficient (Wildman–Crippen LogP) is 0.543. The quantitative estimate of drug-likeness (QED) is 0.694. The molecule has 0 aliphatic heterocycles. The van der Waals surface area contributed by atoms with Gasteiger partial charge in [-0.3, -0.25) is 0 Å². The van der Waals surface area contributed by atoms with Crippen LogP contribution < -0.4 is 16.2 Å². The van der Waals surface area contributed by atoms with Gasteiger partial charge in [-0.15, -0.1) is 0 Å². The van der Waals surface area contributed by atoms with Gasteiger partial charge in [0.15, 0.2) is 0 Å². The normalized spacial score (nSPS) is 14.2. The van der Waals surface area contributed by atoms with E-state index in [1.807, 2.05) is 0 Å². The molecule has 13 heavy (non-hydrogen) atoms. The van der Waals surface area contributed by atoms with Gasteiger partial charge in [-0.1, -0.05) is 30.4 Å². The van der Waals surface area contributed by atoms with E-state index < -0.39 is 0 Å². The standard InChI is InChI=1S/C12H15N/c13-9-8-11-6-3-5-10-4-1-2-7-12(10)11/h3-7H,1-2,8-9,13H2. The molecule has 0 atom stereocenters. The Labute approximate surface area is 78.6 Å². The Hall–Kier alpha value is -1.08. The molecular weight excluding hydrogens is 158 g/mol. The van der Waals surface area contributed by atoms with Gasteiger partial charge in [0.25, 0.3) is 0 Å². The SMILES string of the molecule is NCCc1cccc2c1=CCCC=2. The molecular formula is C12H15N. The van der Waals surface area contributed by atoms with Gasteiger partial charge >= 0.3 is 0 Å². The van der Waals surface area contributed by atoms with Gasteiger partial charge in [-0.05, 0) is 41.8 Å². The summed E-state index contributed by atoms with van der Waals surface area (Å²) in [6.45, 7) is 0.740. The number of hydrogen-bond donors (Lipinski definition) is 1. The van der Waals surface area contributed by atoms with E-state index in [2.05, 4.69) is 30.4 Å². The molecule has 2 rings (SSSR count). The van der Waals surface area contributed by atoms with Crippen LogP contribution in [0.25, 0.3) is 12.2 Å². The van der Waals surface area contributed by atoms with Crippen LogP contribution in [0.4, 0.5) is 0 Å². The summed E-state index contributed by atoms with van der Waals surface area (Å²) in [6, 6.07) is 6.49. The number of fused-ring (bicyclic) bond motifs is 1. The van der Waals surface area contributed by atoms with E-state index >= 15 is 0 Å². The van der Waals surface area contributed by atoms with Crippen LogP contribution in [0.2, 0.25) is 0 Å². The van der Waals surface area contributed by atoms with E-state index in [9.17, 15) is 0 Å². The fourth-order valence-electron chi connectivity index (χ4n) is 1.90. The van der Waals surface area contributed by atoms with E-state index in [4.69, 9.17) is 5.73 Å². The largest absolute Gasteiger partial charge is 0.330 e. The summed E-state index contributed by atoms with van der Waals surface area (Å²) >= 11 is 0. The monoisotopic (exact) mass is 173 g/mol. The topological polar surface area (TPSA) is 26.0 Å². The maximum atomic E-state index is 5.57. The molecule has 0 saturated carbocycles. The van der Waals surface area contributed by atoms with Crippen molar-refractivity contribution in [2.75, 3.05) is 6.54 Å². The molecule has 68 valence electrons. The van der Waals surface area contributed by atoms with Crippen LogP contribution in [-0.2, 0) is 6.42 Å². The molecule has 0 radical (unpaired) electrons. The Morgan fingerprint density at radius 2 is 2.00 bits per heavy atom. The molecule has 1 aliphatic carbocycles. The van der Waals surface area contributed by atoms with Crippen LogP contribution in [0, 0.1) is 0 Å². The van der Waals surface area contributed by atoms with Crippen LogP contribution in [0.5, 0.6) is 0 Å². The van der Waals surface area contributed by atoms with Gasteiger partial charge < -0.3 is 5.73 Å². The highest BCUT2D eigenvalue weighted by molar-refractivity contribution is 5.41. The maximum Gasteiger partial charge on any atom is -0.00365 e. The molecule has 0 fully saturated rings. The average molecular weight is 173 g/mol. The molecule has 0 heterocycles. The zero-order chi connectivity index (χ0) is 9.10. The molecule has 1 aliphatic rings. The van der Waals surface area contributed by atoms with Crippen molar-refractivity contribution >= 4 is 12.2 Å². The second-order valence-electron chi connectivity index (χ2n) is 3.44. The smallest absolute Gasteiger partial charge is 0.00365 e. The van der Waals surface area contributed by atoms with E-state index in [-0.39, 0.29) is 0 Å². The zero-order valence-electron chi connectivity index (χ0n) is 7.79. The minimum Gasteiger partial charge on any atom is -0.330 e. The summed E-state index contributed by atoms with van der Waals surface area (Å²) in [6.07, 6.45) is 8.00. The first-order valence-electron chi connectivity index (χ1n) is 4.90. The number of nitrogens with two attached hydrogens (primary N) is 1. The molecule has 0 saturated heterocycles. The third-order valence-corrected chi connectivity index (χ3v) is 2.52. The average Bonchev–Trinajstić information content (AvgIpc) is 2.19. The van der Waals surface area contributed by atoms with Gasteiger partial charge in [0.2, 0.25) is 0 Å². The van der Waals surface area contributed by atoms with Crippen molar-refractivity contribution < 1.29 is 0 Å². The minimum atomic E-state index is 0.740. The van der Waals surface area contributed by atoms with Gasteiger partial charge in [0, 0.05) is 0 Å². The molecule has 1 aromatic rings. The van der Waals surface area contributed by atoms with Crippen molar-refractivity contribution in [1.82, 2.24) is 0 Å². The molecule has 1 nitrogen and oxygen atoms in total. The Morgan fingerprint density at radius 3 is 2.85 bits per heavy atom. The summed E-state index contributed by atoms with van der Waals surface area (Å²) in [5.74, 6) is 0. The second kappa shape index (κ2) is 3.75. The first kappa shape index (κ1) is 8.52. The van der Waals surface area contributed by atoms with Gasteiger partial charge in [0.1, 0.15) is 0 Å². The summed E-state index contributed by atoms with van der Waals surface area (Å²) in [5.41, 5.74) is 6.97. The van der Waals surface area contributed by atoms with E-state index in [0.29, 0.717) is 0 Å². The van der Waals surface area contributed by atoms with Crippen LogP contribution >= 0.6 is 0 Å². The minimum absolute atomic E-state index is 0.740. The summed E-state index contributed by atoms with van der Waals surface area (Å²) in [4.78, 5) is 0. The van der Waals surface area contributed by atoms with E-state index in [1.165, 1.54) is 28.8 Å². The van der Waals surface area contributed by atoms with Crippen LogP contribution in [0.15, 0.2) is 18.2 Å². The van der Waals surface area contributed by atoms with Gasteiger partial charge in [0.05, 0.1) is 0 Å². The number of benzene rings is 1. The predicted molar refractivity (Wildman–Crippen MR) is 56.6 cm³/mol. The maximum absolute atomic E-state index is 5.57.